The first-order valence-electron chi connectivity index (χ1n) is 4.45. The Bertz CT molecular complexity index is 115. The van der Waals surface area contributed by atoms with Gasteiger partial charge in [-0.2, -0.15) is 0 Å². The zero-order valence-corrected chi connectivity index (χ0v) is 11.1. The van der Waals surface area contributed by atoms with Crippen LogP contribution in [0.5, 0.6) is 0 Å². The van der Waals surface area contributed by atoms with E-state index >= 15 is 0 Å². The van der Waals surface area contributed by atoms with E-state index < -0.39 is 5.97 Å². The van der Waals surface area contributed by atoms with Gasteiger partial charge in [0.2, 0.25) is 0 Å². The van der Waals surface area contributed by atoms with Crippen molar-refractivity contribution in [3.05, 3.63) is 0 Å². The molecular formula is C9H18O2Zn. The van der Waals surface area contributed by atoms with Crippen LogP contribution in [-0.4, -0.2) is 11.1 Å². The molecule has 0 fully saturated rings. The van der Waals surface area contributed by atoms with Crippen LogP contribution in [0.3, 0.4) is 0 Å². The number of unbranched alkanes of at least 4 members (excludes halogenated alkanes) is 1. The van der Waals surface area contributed by atoms with Gasteiger partial charge in [-0.15, -0.1) is 0 Å². The summed E-state index contributed by atoms with van der Waals surface area (Å²) >= 11 is 0. The minimum Gasteiger partial charge on any atom is -0.481 e. The molecule has 0 aliphatic heterocycles. The van der Waals surface area contributed by atoms with E-state index in [0.29, 0.717) is 0 Å². The van der Waals surface area contributed by atoms with Crippen molar-refractivity contribution in [2.24, 2.45) is 5.92 Å². The molecule has 0 radical (unpaired) electrons. The molecule has 0 spiro atoms. The van der Waals surface area contributed by atoms with Gasteiger partial charge in [-0.05, 0) is 12.8 Å². The van der Waals surface area contributed by atoms with Crippen molar-refractivity contribution in [1.29, 1.82) is 0 Å². The largest absolute Gasteiger partial charge is 0.481 e. The Morgan fingerprint density at radius 2 is 1.83 bits per heavy atom. The van der Waals surface area contributed by atoms with Crippen LogP contribution in [0.4, 0.5) is 0 Å². The van der Waals surface area contributed by atoms with Crippen molar-refractivity contribution in [2.75, 3.05) is 0 Å². The average Bonchev–Trinajstić information content (AvgIpc) is 1.97. The Morgan fingerprint density at radius 1 is 1.25 bits per heavy atom. The fraction of sp³-hybridized carbons (Fsp3) is 0.889. The van der Waals surface area contributed by atoms with Gasteiger partial charge in [-0.3, -0.25) is 4.79 Å². The maximum atomic E-state index is 10.6. The first kappa shape index (κ1) is 14.6. The molecule has 0 amide bonds. The van der Waals surface area contributed by atoms with Crippen LogP contribution >= 0.6 is 0 Å². The van der Waals surface area contributed by atoms with E-state index in [2.05, 4.69) is 6.92 Å². The summed E-state index contributed by atoms with van der Waals surface area (Å²) < 4.78 is 0. The van der Waals surface area contributed by atoms with Gasteiger partial charge in [0.15, 0.2) is 0 Å². The van der Waals surface area contributed by atoms with E-state index in [-0.39, 0.29) is 25.4 Å². The van der Waals surface area contributed by atoms with Crippen molar-refractivity contribution in [3.63, 3.8) is 0 Å². The summed E-state index contributed by atoms with van der Waals surface area (Å²) in [4.78, 5) is 10.6. The van der Waals surface area contributed by atoms with E-state index in [1.54, 1.807) is 0 Å². The Kier molecular flexibility index (Phi) is 11.2. The van der Waals surface area contributed by atoms with Gasteiger partial charge in [0.05, 0.1) is 5.92 Å². The van der Waals surface area contributed by atoms with Crippen LogP contribution in [0.25, 0.3) is 0 Å². The predicted molar refractivity (Wildman–Crippen MR) is 45.6 cm³/mol. The monoisotopic (exact) mass is 222 g/mol. The van der Waals surface area contributed by atoms with Gasteiger partial charge in [0.1, 0.15) is 0 Å². The second-order valence-corrected chi connectivity index (χ2v) is 2.97. The minimum atomic E-state index is -0.625. The normalized spacial score (nSPS) is 11.8. The molecule has 3 heteroatoms. The fourth-order valence-corrected chi connectivity index (χ4v) is 1.19. The molecule has 1 N–H and O–H groups in total. The Balaban J connectivity index is 0. The van der Waals surface area contributed by atoms with Crippen molar-refractivity contribution in [3.8, 4) is 0 Å². The molecule has 0 saturated carbocycles. The molecule has 2 nitrogen and oxygen atoms in total. The fourth-order valence-electron chi connectivity index (χ4n) is 1.19. The van der Waals surface area contributed by atoms with Gasteiger partial charge in [0.25, 0.3) is 0 Å². The molecule has 0 aromatic heterocycles. The van der Waals surface area contributed by atoms with E-state index in [1.165, 1.54) is 0 Å². The molecule has 0 aromatic rings. The first-order valence-corrected chi connectivity index (χ1v) is 4.45. The molecule has 68 valence electrons. The number of hydrogen-bond acceptors (Lipinski definition) is 1. The smallest absolute Gasteiger partial charge is 0.306 e. The first-order chi connectivity index (χ1) is 5.22. The van der Waals surface area contributed by atoms with E-state index in [1.807, 2.05) is 6.92 Å². The molecular weight excluding hydrogens is 205 g/mol. The van der Waals surface area contributed by atoms with Gasteiger partial charge >= 0.3 is 5.97 Å². The van der Waals surface area contributed by atoms with Crippen LogP contribution in [0.2, 0.25) is 0 Å². The maximum absolute atomic E-state index is 10.6. The quantitative estimate of drug-likeness (QED) is 0.703. The van der Waals surface area contributed by atoms with Gasteiger partial charge in [-0.25, -0.2) is 0 Å². The summed E-state index contributed by atoms with van der Waals surface area (Å²) in [6.07, 6.45) is 4.78. The standard InChI is InChI=1S/C9H18O2.Zn/c1-3-5-7-8(6-4-2)9(10)11;/h8H,3-7H2,1-2H3,(H,10,11);. The zero-order chi connectivity index (χ0) is 8.69. The van der Waals surface area contributed by atoms with Crippen molar-refractivity contribution in [2.45, 2.75) is 46.0 Å². The number of carbonyl (C=O) groups is 1. The van der Waals surface area contributed by atoms with Crippen molar-refractivity contribution < 1.29 is 29.4 Å². The number of hydrogen-bond donors (Lipinski definition) is 1. The zero-order valence-electron chi connectivity index (χ0n) is 8.18. The van der Waals surface area contributed by atoms with Crippen molar-refractivity contribution >= 4 is 5.97 Å². The predicted octanol–water partition coefficient (Wildman–Crippen LogP) is 2.68. The van der Waals surface area contributed by atoms with Gasteiger partial charge in [-0.1, -0.05) is 33.1 Å². The third-order valence-corrected chi connectivity index (χ3v) is 1.89. The van der Waals surface area contributed by atoms with E-state index in [9.17, 15) is 4.79 Å². The number of aliphatic carboxylic acids is 1. The molecule has 0 aliphatic carbocycles. The van der Waals surface area contributed by atoms with Crippen molar-refractivity contribution in [1.82, 2.24) is 0 Å². The number of carboxylic acid groups (broad SMARTS) is 1. The number of carboxylic acids is 1. The topological polar surface area (TPSA) is 37.3 Å². The SMILES string of the molecule is CCCCC(CCC)C(=O)O.[Zn]. The van der Waals surface area contributed by atoms with Crippen LogP contribution in [0.15, 0.2) is 0 Å². The maximum Gasteiger partial charge on any atom is 0.306 e. The summed E-state index contributed by atoms with van der Waals surface area (Å²) in [5.74, 6) is -0.722. The van der Waals surface area contributed by atoms with Gasteiger partial charge < -0.3 is 5.11 Å². The van der Waals surface area contributed by atoms with E-state index in [4.69, 9.17) is 5.11 Å². The van der Waals surface area contributed by atoms with Gasteiger partial charge in [0, 0.05) is 19.5 Å². The Morgan fingerprint density at radius 3 is 2.17 bits per heavy atom. The van der Waals surface area contributed by atoms with Crippen LogP contribution < -0.4 is 0 Å². The molecule has 1 atom stereocenters. The average molecular weight is 224 g/mol. The Labute approximate surface area is 87.5 Å². The molecule has 12 heavy (non-hydrogen) atoms. The second-order valence-electron chi connectivity index (χ2n) is 2.97. The minimum absolute atomic E-state index is 0. The third-order valence-electron chi connectivity index (χ3n) is 1.89. The summed E-state index contributed by atoms with van der Waals surface area (Å²) in [6, 6.07) is 0. The molecule has 0 heterocycles. The summed E-state index contributed by atoms with van der Waals surface area (Å²) in [6.45, 7) is 4.12. The molecule has 0 bridgehead atoms. The molecule has 0 aromatic carbocycles. The molecule has 0 saturated heterocycles. The second kappa shape index (κ2) is 9.18. The summed E-state index contributed by atoms with van der Waals surface area (Å²) in [7, 11) is 0. The van der Waals surface area contributed by atoms with Crippen LogP contribution in [-0.2, 0) is 24.3 Å². The summed E-state index contributed by atoms with van der Waals surface area (Å²) in [5.41, 5.74) is 0. The van der Waals surface area contributed by atoms with Crippen LogP contribution in [0.1, 0.15) is 46.0 Å². The molecule has 1 unspecified atom stereocenters. The molecule has 0 rings (SSSR count). The number of rotatable bonds is 6. The van der Waals surface area contributed by atoms with E-state index in [0.717, 1.165) is 32.1 Å². The van der Waals surface area contributed by atoms with Crippen LogP contribution in [0, 0.1) is 5.92 Å². The summed E-state index contributed by atoms with van der Waals surface area (Å²) in [5, 5.41) is 8.73. The Hall–Kier alpha value is 0.0934. The third kappa shape index (κ3) is 6.78. The molecule has 0 aliphatic rings.